The molecule has 1 atom stereocenters. The summed E-state index contributed by atoms with van der Waals surface area (Å²) < 4.78 is 0. The van der Waals surface area contributed by atoms with Gasteiger partial charge in [-0.2, -0.15) is 0 Å². The van der Waals surface area contributed by atoms with Gasteiger partial charge in [0.1, 0.15) is 11.5 Å². The zero-order chi connectivity index (χ0) is 14.0. The monoisotopic (exact) mass is 248 g/mol. The van der Waals surface area contributed by atoms with Crippen molar-refractivity contribution in [3.8, 4) is 5.75 Å². The Morgan fingerprint density at radius 1 is 1.17 bits per heavy atom. The fourth-order valence-corrected chi connectivity index (χ4v) is 2.39. The Morgan fingerprint density at radius 3 is 2.06 bits per heavy atom. The molecule has 0 aliphatic heterocycles. The number of ketones is 1. The maximum Gasteiger partial charge on any atom is 0.135 e. The van der Waals surface area contributed by atoms with E-state index in [-0.39, 0.29) is 22.4 Å². The summed E-state index contributed by atoms with van der Waals surface area (Å²) in [4.78, 5) is 11.7. The van der Waals surface area contributed by atoms with Gasteiger partial charge in [0.2, 0.25) is 0 Å². The minimum atomic E-state index is -0.317. The van der Waals surface area contributed by atoms with Gasteiger partial charge in [-0.05, 0) is 42.9 Å². The zero-order valence-corrected chi connectivity index (χ0v) is 12.1. The largest absolute Gasteiger partial charge is 0.508 e. The molecule has 0 bridgehead atoms. The molecular formula is C16H24O2. The molecule has 2 nitrogen and oxygen atoms in total. The molecular weight excluding hydrogens is 224 g/mol. The van der Waals surface area contributed by atoms with Crippen LogP contribution < -0.4 is 0 Å². The van der Waals surface area contributed by atoms with Gasteiger partial charge in [0, 0.05) is 5.41 Å². The second kappa shape index (κ2) is 5.13. The van der Waals surface area contributed by atoms with Crippen LogP contribution in [-0.2, 0) is 10.2 Å². The molecule has 0 fully saturated rings. The van der Waals surface area contributed by atoms with Gasteiger partial charge in [-0.3, -0.25) is 4.79 Å². The molecule has 1 unspecified atom stereocenters. The summed E-state index contributed by atoms with van der Waals surface area (Å²) >= 11 is 0. The van der Waals surface area contributed by atoms with Crippen molar-refractivity contribution < 1.29 is 9.90 Å². The highest BCUT2D eigenvalue weighted by molar-refractivity contribution is 5.81. The Kier molecular flexibility index (Phi) is 4.20. The van der Waals surface area contributed by atoms with E-state index in [1.165, 1.54) is 5.56 Å². The van der Waals surface area contributed by atoms with Crippen molar-refractivity contribution >= 4 is 5.78 Å². The summed E-state index contributed by atoms with van der Waals surface area (Å²) in [5, 5.41) is 9.36. The summed E-state index contributed by atoms with van der Waals surface area (Å²) in [7, 11) is 0. The second-order valence-corrected chi connectivity index (χ2v) is 6.08. The Morgan fingerprint density at radius 2 is 1.67 bits per heavy atom. The second-order valence-electron chi connectivity index (χ2n) is 6.08. The van der Waals surface area contributed by atoms with E-state index in [2.05, 4.69) is 13.8 Å². The molecule has 1 aromatic rings. The van der Waals surface area contributed by atoms with E-state index in [1.807, 2.05) is 26.0 Å². The highest BCUT2D eigenvalue weighted by atomic mass is 16.3. The van der Waals surface area contributed by atoms with Crippen molar-refractivity contribution in [1.82, 2.24) is 0 Å². The Bertz CT molecular complexity index is 417. The maximum absolute atomic E-state index is 11.7. The van der Waals surface area contributed by atoms with Gasteiger partial charge < -0.3 is 5.11 Å². The first-order chi connectivity index (χ1) is 8.21. The fourth-order valence-electron chi connectivity index (χ4n) is 2.39. The first-order valence-electron chi connectivity index (χ1n) is 6.52. The van der Waals surface area contributed by atoms with Crippen LogP contribution in [0.1, 0.15) is 53.0 Å². The number of carbonyl (C=O) groups excluding carboxylic acids is 1. The SMILES string of the molecule is CCC(C)(CC(C)(C)C(C)=O)c1ccc(O)cc1. The number of aromatic hydroxyl groups is 1. The van der Waals surface area contributed by atoms with Crippen LogP contribution in [-0.4, -0.2) is 10.9 Å². The van der Waals surface area contributed by atoms with Crippen molar-refractivity contribution in [2.45, 2.75) is 52.9 Å². The normalized spacial score (nSPS) is 15.2. The lowest BCUT2D eigenvalue weighted by molar-refractivity contribution is -0.125. The quantitative estimate of drug-likeness (QED) is 0.853. The first kappa shape index (κ1) is 14.7. The molecule has 100 valence electrons. The molecule has 1 aromatic carbocycles. The topological polar surface area (TPSA) is 37.3 Å². The van der Waals surface area contributed by atoms with Crippen LogP contribution in [0.3, 0.4) is 0 Å². The molecule has 0 amide bonds. The number of rotatable bonds is 5. The van der Waals surface area contributed by atoms with E-state index < -0.39 is 0 Å². The van der Waals surface area contributed by atoms with Gasteiger partial charge in [-0.1, -0.05) is 39.8 Å². The maximum atomic E-state index is 11.7. The number of hydrogen-bond donors (Lipinski definition) is 1. The third-order valence-corrected chi connectivity index (χ3v) is 4.13. The Balaban J connectivity index is 3.06. The van der Waals surface area contributed by atoms with Gasteiger partial charge >= 0.3 is 0 Å². The van der Waals surface area contributed by atoms with Crippen LogP contribution >= 0.6 is 0 Å². The predicted octanol–water partition coefficient (Wildman–Crippen LogP) is 4.07. The van der Waals surface area contributed by atoms with E-state index in [0.29, 0.717) is 0 Å². The standard InChI is InChI=1S/C16H24O2/c1-6-16(5,11-15(3,4)12(2)17)13-7-9-14(18)10-8-13/h7-10,18H,6,11H2,1-5H3. The first-order valence-corrected chi connectivity index (χ1v) is 6.52. The van der Waals surface area contributed by atoms with Gasteiger partial charge in [0.05, 0.1) is 0 Å². The molecule has 0 radical (unpaired) electrons. The summed E-state index contributed by atoms with van der Waals surface area (Å²) in [6.07, 6.45) is 1.78. The van der Waals surface area contributed by atoms with Crippen molar-refractivity contribution in [2.24, 2.45) is 5.41 Å². The molecule has 18 heavy (non-hydrogen) atoms. The third kappa shape index (κ3) is 3.12. The molecule has 0 saturated heterocycles. The lowest BCUT2D eigenvalue weighted by Gasteiger charge is -2.36. The molecule has 0 spiro atoms. The number of Topliss-reactive ketones (excluding diaryl/α,β-unsaturated/α-hetero) is 1. The lowest BCUT2D eigenvalue weighted by atomic mass is 9.67. The van der Waals surface area contributed by atoms with Crippen LogP contribution in [0, 0.1) is 5.41 Å². The third-order valence-electron chi connectivity index (χ3n) is 4.13. The van der Waals surface area contributed by atoms with E-state index in [4.69, 9.17) is 0 Å². The molecule has 0 aromatic heterocycles. The molecule has 0 saturated carbocycles. The highest BCUT2D eigenvalue weighted by Gasteiger charge is 2.35. The van der Waals surface area contributed by atoms with Crippen LogP contribution in [0.4, 0.5) is 0 Å². The van der Waals surface area contributed by atoms with Crippen LogP contribution in [0.5, 0.6) is 5.75 Å². The van der Waals surface area contributed by atoms with Gasteiger partial charge in [-0.15, -0.1) is 0 Å². The average molecular weight is 248 g/mol. The predicted molar refractivity (Wildman–Crippen MR) is 74.8 cm³/mol. The molecule has 0 aliphatic carbocycles. The number of phenolic OH excluding ortho intramolecular Hbond substituents is 1. The van der Waals surface area contributed by atoms with Crippen LogP contribution in [0.15, 0.2) is 24.3 Å². The zero-order valence-electron chi connectivity index (χ0n) is 12.1. The summed E-state index contributed by atoms with van der Waals surface area (Å²) in [6, 6.07) is 7.33. The highest BCUT2D eigenvalue weighted by Crippen LogP contribution is 2.40. The average Bonchev–Trinajstić information content (AvgIpc) is 2.29. The van der Waals surface area contributed by atoms with E-state index in [1.54, 1.807) is 19.1 Å². The van der Waals surface area contributed by atoms with Crippen molar-refractivity contribution in [1.29, 1.82) is 0 Å². The minimum Gasteiger partial charge on any atom is -0.508 e. The molecule has 0 heterocycles. The van der Waals surface area contributed by atoms with Crippen LogP contribution in [0.25, 0.3) is 0 Å². The molecule has 1 N–H and O–H groups in total. The summed E-state index contributed by atoms with van der Waals surface area (Å²) in [5.41, 5.74) is 0.822. The number of hydrogen-bond acceptors (Lipinski definition) is 2. The molecule has 0 aliphatic rings. The Labute approximate surface area is 110 Å². The van der Waals surface area contributed by atoms with Gasteiger partial charge in [0.15, 0.2) is 0 Å². The number of carbonyl (C=O) groups is 1. The van der Waals surface area contributed by atoms with E-state index in [9.17, 15) is 9.90 Å². The van der Waals surface area contributed by atoms with Gasteiger partial charge in [-0.25, -0.2) is 0 Å². The summed E-state index contributed by atoms with van der Waals surface area (Å²) in [6.45, 7) is 9.99. The van der Waals surface area contributed by atoms with Crippen LogP contribution in [0.2, 0.25) is 0 Å². The molecule has 1 rings (SSSR count). The smallest absolute Gasteiger partial charge is 0.135 e. The number of benzene rings is 1. The van der Waals surface area contributed by atoms with Crippen molar-refractivity contribution in [3.63, 3.8) is 0 Å². The fraction of sp³-hybridized carbons (Fsp3) is 0.562. The summed E-state index contributed by atoms with van der Waals surface area (Å²) in [5.74, 6) is 0.504. The van der Waals surface area contributed by atoms with E-state index in [0.717, 1.165) is 12.8 Å². The number of phenols is 1. The Hall–Kier alpha value is -1.31. The molecule has 2 heteroatoms. The van der Waals surface area contributed by atoms with E-state index >= 15 is 0 Å². The van der Waals surface area contributed by atoms with Crippen molar-refractivity contribution in [2.75, 3.05) is 0 Å². The van der Waals surface area contributed by atoms with Gasteiger partial charge in [0.25, 0.3) is 0 Å². The van der Waals surface area contributed by atoms with Crippen molar-refractivity contribution in [3.05, 3.63) is 29.8 Å². The lowest BCUT2D eigenvalue weighted by Crippen LogP contribution is -2.33. The minimum absolute atomic E-state index is 0.0388.